The molecule has 0 atom stereocenters. The fourth-order valence-electron chi connectivity index (χ4n) is 4.63. The molecule has 8 nitrogen and oxygen atoms in total. The Morgan fingerprint density at radius 2 is 1.80 bits per heavy atom. The highest BCUT2D eigenvalue weighted by atomic mass is 32.1. The zero-order valence-electron chi connectivity index (χ0n) is 21.4. The number of amides is 1. The van der Waals surface area contributed by atoms with Crippen LogP contribution in [0.15, 0.2) is 66.2 Å². The first-order chi connectivity index (χ1) is 19.4. The number of rotatable bonds is 7. The van der Waals surface area contributed by atoms with Crippen molar-refractivity contribution in [2.24, 2.45) is 0 Å². The summed E-state index contributed by atoms with van der Waals surface area (Å²) in [6.45, 7) is 4.85. The number of hydrogen-bond acceptors (Lipinski definition) is 7. The summed E-state index contributed by atoms with van der Waals surface area (Å²) in [6, 6.07) is 14.3. The number of carbonyl (C=O) groups excluding carboxylic acids is 1. The second-order valence-corrected chi connectivity index (χ2v) is 10.4. The van der Waals surface area contributed by atoms with Crippen molar-refractivity contribution in [2.45, 2.75) is 6.54 Å². The van der Waals surface area contributed by atoms with Gasteiger partial charge in [-0.05, 0) is 48.0 Å². The number of nitrogens with zero attached hydrogens (tertiary/aromatic N) is 4. The van der Waals surface area contributed by atoms with E-state index in [0.29, 0.717) is 21.8 Å². The van der Waals surface area contributed by atoms with Gasteiger partial charge in [0.2, 0.25) is 0 Å². The normalized spacial score (nSPS) is 14.1. The number of ether oxygens (including phenoxy) is 1. The number of anilines is 2. The molecule has 1 saturated heterocycles. The predicted molar refractivity (Wildman–Crippen MR) is 152 cm³/mol. The minimum absolute atomic E-state index is 0.0476. The third-order valence-electron chi connectivity index (χ3n) is 6.83. The number of thiazole rings is 1. The molecule has 40 heavy (non-hydrogen) atoms. The van der Waals surface area contributed by atoms with Crippen LogP contribution >= 0.6 is 11.3 Å². The van der Waals surface area contributed by atoms with E-state index in [4.69, 9.17) is 15.6 Å². The second kappa shape index (κ2) is 11.1. The molecule has 204 valence electrons. The van der Waals surface area contributed by atoms with E-state index in [1.54, 1.807) is 23.6 Å². The molecular formula is C29H26F2N6O2S. The quantitative estimate of drug-likeness (QED) is 0.263. The van der Waals surface area contributed by atoms with E-state index in [0.717, 1.165) is 55.9 Å². The van der Waals surface area contributed by atoms with Crippen LogP contribution in [-0.4, -0.2) is 58.4 Å². The van der Waals surface area contributed by atoms with Gasteiger partial charge >= 0.3 is 0 Å². The van der Waals surface area contributed by atoms with Crippen molar-refractivity contribution in [1.82, 2.24) is 19.7 Å². The third kappa shape index (κ3) is 5.57. The molecule has 3 aromatic carbocycles. The molecule has 3 heterocycles. The number of halogens is 2. The predicted octanol–water partition coefficient (Wildman–Crippen LogP) is 5.27. The lowest BCUT2D eigenvalue weighted by Gasteiger charge is -2.26. The summed E-state index contributed by atoms with van der Waals surface area (Å²) in [5.41, 5.74) is 9.11. The van der Waals surface area contributed by atoms with E-state index in [9.17, 15) is 13.6 Å². The number of benzene rings is 3. The summed E-state index contributed by atoms with van der Waals surface area (Å²) in [6.07, 6.45) is 1.95. The Labute approximate surface area is 233 Å². The number of carbonyl (C=O) groups is 1. The summed E-state index contributed by atoms with van der Waals surface area (Å²) in [5, 5.41) is 10.7. The molecule has 0 saturated carbocycles. The Morgan fingerprint density at radius 3 is 2.58 bits per heavy atom. The number of nitrogens with two attached hydrogens (primary N) is 1. The Hall–Kier alpha value is -4.19. The molecule has 1 fully saturated rings. The molecule has 0 unspecified atom stereocenters. The standard InChI is InChI=1S/C29H26F2N6O2S/c30-21-4-1-18(2-5-21)22-15-25-20(16-37(35-25)8-7-36-9-11-39-12-10-36)14-26(22)33-28(38)27-17-40-29(34-27)19-3-6-24(32)23(31)13-19/h1-6,13-17H,7-12,32H2,(H,33,38). The fourth-order valence-corrected chi connectivity index (χ4v) is 5.43. The van der Waals surface area contributed by atoms with Crippen molar-refractivity contribution < 1.29 is 18.3 Å². The van der Waals surface area contributed by atoms with Crippen LogP contribution in [-0.2, 0) is 11.3 Å². The molecule has 0 bridgehead atoms. The fraction of sp³-hybridized carbons (Fsp3) is 0.207. The average Bonchev–Trinajstić information content (AvgIpc) is 3.61. The number of morpholine rings is 1. The first-order valence-electron chi connectivity index (χ1n) is 12.8. The summed E-state index contributed by atoms with van der Waals surface area (Å²) >= 11 is 1.24. The topological polar surface area (TPSA) is 98.3 Å². The van der Waals surface area contributed by atoms with Gasteiger partial charge in [-0.1, -0.05) is 12.1 Å². The van der Waals surface area contributed by atoms with Gasteiger partial charge in [0, 0.05) is 53.4 Å². The van der Waals surface area contributed by atoms with Crippen molar-refractivity contribution in [3.63, 3.8) is 0 Å². The zero-order valence-corrected chi connectivity index (χ0v) is 22.3. The first-order valence-corrected chi connectivity index (χ1v) is 13.7. The number of fused-ring (bicyclic) bond motifs is 1. The van der Waals surface area contributed by atoms with Crippen LogP contribution in [0, 0.1) is 11.6 Å². The zero-order chi connectivity index (χ0) is 27.6. The minimum atomic E-state index is -0.540. The number of aromatic nitrogens is 3. The van der Waals surface area contributed by atoms with E-state index >= 15 is 0 Å². The van der Waals surface area contributed by atoms with Gasteiger partial charge in [-0.2, -0.15) is 5.10 Å². The summed E-state index contributed by atoms with van der Waals surface area (Å²) < 4.78 is 35.0. The van der Waals surface area contributed by atoms with E-state index < -0.39 is 11.7 Å². The van der Waals surface area contributed by atoms with Gasteiger partial charge < -0.3 is 15.8 Å². The molecule has 3 N–H and O–H groups in total. The van der Waals surface area contributed by atoms with Gasteiger partial charge in [0.05, 0.1) is 31.0 Å². The lowest BCUT2D eigenvalue weighted by atomic mass is 10.0. The molecule has 1 amide bonds. The van der Waals surface area contributed by atoms with Crippen LogP contribution in [0.4, 0.5) is 20.2 Å². The van der Waals surface area contributed by atoms with Crippen LogP contribution in [0.1, 0.15) is 10.5 Å². The molecule has 6 rings (SSSR count). The maximum absolute atomic E-state index is 14.0. The van der Waals surface area contributed by atoms with Gasteiger partial charge in [0.25, 0.3) is 5.91 Å². The molecule has 5 aromatic rings. The third-order valence-corrected chi connectivity index (χ3v) is 7.72. The van der Waals surface area contributed by atoms with E-state index in [2.05, 4.69) is 15.2 Å². The lowest BCUT2D eigenvalue weighted by Crippen LogP contribution is -2.38. The van der Waals surface area contributed by atoms with Crippen LogP contribution in [0.25, 0.3) is 32.6 Å². The maximum Gasteiger partial charge on any atom is 0.275 e. The van der Waals surface area contributed by atoms with Crippen molar-refractivity contribution in [2.75, 3.05) is 43.9 Å². The highest BCUT2D eigenvalue weighted by Gasteiger charge is 2.18. The number of nitrogens with one attached hydrogen (secondary N) is 1. The minimum Gasteiger partial charge on any atom is -0.396 e. The molecule has 11 heteroatoms. The Balaban J connectivity index is 1.29. The highest BCUT2D eigenvalue weighted by Crippen LogP contribution is 2.33. The summed E-state index contributed by atoms with van der Waals surface area (Å²) in [5.74, 6) is -1.31. The molecule has 0 spiro atoms. The highest BCUT2D eigenvalue weighted by molar-refractivity contribution is 7.13. The van der Waals surface area contributed by atoms with Crippen LogP contribution in [0.3, 0.4) is 0 Å². The number of hydrogen-bond donors (Lipinski definition) is 2. The van der Waals surface area contributed by atoms with Crippen molar-refractivity contribution in [3.05, 3.63) is 83.5 Å². The van der Waals surface area contributed by atoms with Crippen molar-refractivity contribution in [1.29, 1.82) is 0 Å². The maximum atomic E-state index is 14.0. The summed E-state index contributed by atoms with van der Waals surface area (Å²) in [7, 11) is 0. The van der Waals surface area contributed by atoms with Crippen LogP contribution in [0.2, 0.25) is 0 Å². The summed E-state index contributed by atoms with van der Waals surface area (Å²) in [4.78, 5) is 20.0. The smallest absolute Gasteiger partial charge is 0.275 e. The van der Waals surface area contributed by atoms with Crippen LogP contribution in [0.5, 0.6) is 0 Å². The average molecular weight is 561 g/mol. The molecule has 1 aliphatic rings. The molecular weight excluding hydrogens is 534 g/mol. The monoisotopic (exact) mass is 560 g/mol. The molecule has 2 aromatic heterocycles. The molecule has 1 aliphatic heterocycles. The van der Waals surface area contributed by atoms with Gasteiger partial charge in [-0.3, -0.25) is 14.4 Å². The van der Waals surface area contributed by atoms with Gasteiger partial charge in [0.15, 0.2) is 0 Å². The Morgan fingerprint density at radius 1 is 1.02 bits per heavy atom. The van der Waals surface area contributed by atoms with Gasteiger partial charge in [-0.15, -0.1) is 11.3 Å². The molecule has 0 aliphatic carbocycles. The Kier molecular flexibility index (Phi) is 7.25. The van der Waals surface area contributed by atoms with Crippen molar-refractivity contribution >= 4 is 39.5 Å². The van der Waals surface area contributed by atoms with E-state index in [1.807, 2.05) is 23.0 Å². The van der Waals surface area contributed by atoms with Gasteiger partial charge in [-0.25, -0.2) is 13.8 Å². The first kappa shape index (κ1) is 26.1. The second-order valence-electron chi connectivity index (χ2n) is 9.54. The van der Waals surface area contributed by atoms with E-state index in [1.165, 1.54) is 35.6 Å². The lowest BCUT2D eigenvalue weighted by molar-refractivity contribution is 0.0360. The van der Waals surface area contributed by atoms with Crippen molar-refractivity contribution in [3.8, 4) is 21.7 Å². The molecule has 0 radical (unpaired) electrons. The van der Waals surface area contributed by atoms with E-state index in [-0.39, 0.29) is 17.2 Å². The Bertz CT molecular complexity index is 1680. The SMILES string of the molecule is Nc1ccc(-c2nc(C(=O)Nc3cc4cn(CCN5CCOCC5)nc4cc3-c3ccc(F)cc3)cs2)cc1F. The van der Waals surface area contributed by atoms with Gasteiger partial charge in [0.1, 0.15) is 22.3 Å². The largest absolute Gasteiger partial charge is 0.396 e. The number of nitrogen functional groups attached to an aromatic ring is 1. The van der Waals surface area contributed by atoms with Crippen LogP contribution < -0.4 is 11.1 Å².